The van der Waals surface area contributed by atoms with Crippen LogP contribution >= 0.6 is 11.3 Å². The Morgan fingerprint density at radius 3 is 2.63 bits per heavy atom. The van der Waals surface area contributed by atoms with Gasteiger partial charge in [0.15, 0.2) is 16.8 Å². The van der Waals surface area contributed by atoms with Crippen molar-refractivity contribution >= 4 is 33.8 Å². The highest BCUT2D eigenvalue weighted by Gasteiger charge is 2.18. The molecule has 7 nitrogen and oxygen atoms in total. The van der Waals surface area contributed by atoms with E-state index in [9.17, 15) is 23.7 Å². The van der Waals surface area contributed by atoms with Crippen molar-refractivity contribution in [2.75, 3.05) is 17.7 Å². The third-order valence-corrected chi connectivity index (χ3v) is 4.43. The number of nitrogens with zero attached hydrogens (tertiary/aromatic N) is 2. The summed E-state index contributed by atoms with van der Waals surface area (Å²) < 4.78 is 26.4. The number of carbonyl (C=O) groups excluding carboxylic acids is 1. The van der Waals surface area contributed by atoms with Crippen LogP contribution in [-0.4, -0.2) is 22.9 Å². The van der Waals surface area contributed by atoms with Gasteiger partial charge in [-0.25, -0.2) is 13.8 Å². The van der Waals surface area contributed by atoms with Gasteiger partial charge in [-0.15, -0.1) is 11.3 Å². The summed E-state index contributed by atoms with van der Waals surface area (Å²) in [6, 6.07) is 7.25. The molecule has 1 amide bonds. The van der Waals surface area contributed by atoms with Gasteiger partial charge in [0.05, 0.1) is 16.2 Å². The van der Waals surface area contributed by atoms with Crippen LogP contribution in [-0.2, 0) is 0 Å². The highest BCUT2D eigenvalue weighted by Crippen LogP contribution is 2.28. The van der Waals surface area contributed by atoms with Gasteiger partial charge < -0.3 is 5.32 Å². The first-order chi connectivity index (χ1) is 12.9. The lowest BCUT2D eigenvalue weighted by atomic mass is 10.1. The van der Waals surface area contributed by atoms with Crippen molar-refractivity contribution in [3.05, 3.63) is 69.1 Å². The molecule has 1 heterocycles. The molecule has 0 atom stereocenters. The van der Waals surface area contributed by atoms with Gasteiger partial charge >= 0.3 is 0 Å². The van der Waals surface area contributed by atoms with Crippen LogP contribution < -0.4 is 10.6 Å². The predicted octanol–water partition coefficient (Wildman–Crippen LogP) is 4.29. The van der Waals surface area contributed by atoms with Gasteiger partial charge in [-0.05, 0) is 24.3 Å². The fraction of sp³-hybridized carbons (Fsp3) is 0.0588. The van der Waals surface area contributed by atoms with Crippen LogP contribution in [0.2, 0.25) is 0 Å². The summed E-state index contributed by atoms with van der Waals surface area (Å²) in [4.78, 5) is 27.0. The zero-order valence-corrected chi connectivity index (χ0v) is 14.6. The number of aromatic nitrogens is 1. The summed E-state index contributed by atoms with van der Waals surface area (Å²) in [5, 5.41) is 18.1. The summed E-state index contributed by atoms with van der Waals surface area (Å²) in [5.41, 5.74) is 0.992. The first kappa shape index (κ1) is 18.4. The van der Waals surface area contributed by atoms with Gasteiger partial charge in [-0.2, -0.15) is 0 Å². The zero-order valence-electron chi connectivity index (χ0n) is 13.8. The molecule has 0 saturated carbocycles. The van der Waals surface area contributed by atoms with Crippen LogP contribution in [0.5, 0.6) is 0 Å². The molecule has 0 spiro atoms. The molecule has 0 radical (unpaired) electrons. The summed E-state index contributed by atoms with van der Waals surface area (Å²) in [6.45, 7) is 0. The summed E-state index contributed by atoms with van der Waals surface area (Å²) in [7, 11) is 1.59. The van der Waals surface area contributed by atoms with Crippen molar-refractivity contribution in [3.8, 4) is 11.3 Å². The highest BCUT2D eigenvalue weighted by molar-refractivity contribution is 7.14. The van der Waals surface area contributed by atoms with E-state index >= 15 is 0 Å². The first-order valence-electron chi connectivity index (χ1n) is 7.57. The van der Waals surface area contributed by atoms with E-state index in [1.54, 1.807) is 12.4 Å². The van der Waals surface area contributed by atoms with E-state index in [2.05, 4.69) is 15.6 Å². The number of hydrogen-bond donors (Lipinski definition) is 2. The van der Waals surface area contributed by atoms with Crippen LogP contribution in [0.1, 0.15) is 10.4 Å². The average Bonchev–Trinajstić information content (AvgIpc) is 3.11. The van der Waals surface area contributed by atoms with E-state index in [1.165, 1.54) is 18.2 Å². The smallest absolute Gasteiger partial charge is 0.270 e. The number of carbonyl (C=O) groups is 1. The first-order valence-corrected chi connectivity index (χ1v) is 8.45. The Kier molecular flexibility index (Phi) is 5.08. The van der Waals surface area contributed by atoms with Crippen molar-refractivity contribution in [2.45, 2.75) is 0 Å². The Labute approximate surface area is 155 Å². The molecule has 1 aromatic heterocycles. The van der Waals surface area contributed by atoms with Gasteiger partial charge in [0.25, 0.3) is 11.6 Å². The van der Waals surface area contributed by atoms with Crippen LogP contribution in [0.15, 0.2) is 41.8 Å². The predicted molar refractivity (Wildman–Crippen MR) is 98.1 cm³/mol. The van der Waals surface area contributed by atoms with E-state index in [4.69, 9.17) is 0 Å². The summed E-state index contributed by atoms with van der Waals surface area (Å²) in [6.07, 6.45) is 0. The minimum absolute atomic E-state index is 0.0799. The van der Waals surface area contributed by atoms with E-state index in [1.807, 2.05) is 0 Å². The van der Waals surface area contributed by atoms with Crippen LogP contribution in [0.25, 0.3) is 11.3 Å². The molecule has 2 aromatic carbocycles. The number of nitro benzene ring substituents is 1. The minimum atomic E-state index is -0.999. The topological polar surface area (TPSA) is 97.2 Å². The Bertz CT molecular complexity index is 1040. The molecule has 0 fully saturated rings. The second-order valence-corrected chi connectivity index (χ2v) is 6.22. The molecule has 0 aliphatic carbocycles. The molecule has 3 rings (SSSR count). The maximum atomic E-state index is 13.4. The van der Waals surface area contributed by atoms with Gasteiger partial charge in [-0.3, -0.25) is 20.2 Å². The largest absolute Gasteiger partial charge is 0.387 e. The fourth-order valence-corrected chi connectivity index (χ4v) is 3.05. The third kappa shape index (κ3) is 3.90. The van der Waals surface area contributed by atoms with Crippen molar-refractivity contribution in [3.63, 3.8) is 0 Å². The quantitative estimate of drug-likeness (QED) is 0.500. The second kappa shape index (κ2) is 7.46. The molecule has 0 unspecified atom stereocenters. The molecule has 10 heteroatoms. The lowest BCUT2D eigenvalue weighted by Crippen LogP contribution is -2.14. The molecular weight excluding hydrogens is 378 g/mol. The van der Waals surface area contributed by atoms with Gasteiger partial charge in [0.2, 0.25) is 0 Å². The number of halogens is 2. The minimum Gasteiger partial charge on any atom is -0.387 e. The summed E-state index contributed by atoms with van der Waals surface area (Å²) in [5.74, 6) is -2.55. The fourth-order valence-electron chi connectivity index (χ4n) is 2.34. The number of non-ortho nitro benzene ring substituents is 1. The molecule has 0 saturated heterocycles. The molecule has 3 aromatic rings. The van der Waals surface area contributed by atoms with Crippen molar-refractivity contribution in [1.29, 1.82) is 0 Å². The number of hydrogen-bond acceptors (Lipinski definition) is 6. The number of rotatable bonds is 5. The number of nitrogens with one attached hydrogen (secondary N) is 2. The molecule has 27 heavy (non-hydrogen) atoms. The SMILES string of the molecule is CNc1ccc([N+](=O)[O-])cc1C(=O)Nc1nc(-c2ccc(F)c(F)c2)cs1. The zero-order chi connectivity index (χ0) is 19.6. The number of thiazole rings is 1. The van der Waals surface area contributed by atoms with Gasteiger partial charge in [0.1, 0.15) is 0 Å². The second-order valence-electron chi connectivity index (χ2n) is 5.36. The van der Waals surface area contributed by atoms with Crippen molar-refractivity contribution < 1.29 is 18.5 Å². The molecule has 0 aliphatic heterocycles. The Morgan fingerprint density at radius 2 is 1.96 bits per heavy atom. The lowest BCUT2D eigenvalue weighted by molar-refractivity contribution is -0.384. The van der Waals surface area contributed by atoms with Gasteiger partial charge in [-0.1, -0.05) is 0 Å². The monoisotopic (exact) mass is 390 g/mol. The van der Waals surface area contributed by atoms with E-state index in [-0.39, 0.29) is 16.4 Å². The molecule has 0 bridgehead atoms. The van der Waals surface area contributed by atoms with Gasteiger partial charge in [0, 0.05) is 35.8 Å². The number of nitro groups is 1. The highest BCUT2D eigenvalue weighted by atomic mass is 32.1. The van der Waals surface area contributed by atoms with E-state index in [0.29, 0.717) is 16.9 Å². The van der Waals surface area contributed by atoms with Crippen LogP contribution in [0, 0.1) is 21.7 Å². The molecular formula is C17H12F2N4O3S. The Hall–Kier alpha value is -3.40. The van der Waals surface area contributed by atoms with Crippen LogP contribution in [0.4, 0.5) is 25.3 Å². The van der Waals surface area contributed by atoms with Crippen molar-refractivity contribution in [1.82, 2.24) is 4.98 Å². The Morgan fingerprint density at radius 1 is 1.19 bits per heavy atom. The van der Waals surface area contributed by atoms with Crippen molar-refractivity contribution in [2.24, 2.45) is 0 Å². The molecule has 0 aliphatic rings. The van der Waals surface area contributed by atoms with E-state index in [0.717, 1.165) is 29.5 Å². The normalized spacial score (nSPS) is 10.5. The third-order valence-electron chi connectivity index (χ3n) is 3.67. The molecule has 2 N–H and O–H groups in total. The Balaban J connectivity index is 1.85. The number of amides is 1. The lowest BCUT2D eigenvalue weighted by Gasteiger charge is -2.08. The average molecular weight is 390 g/mol. The maximum absolute atomic E-state index is 13.4. The van der Waals surface area contributed by atoms with E-state index < -0.39 is 22.5 Å². The standard InChI is InChI=1S/C17H12F2N4O3S/c1-20-14-5-3-10(23(25)26)7-11(14)16(24)22-17-21-15(8-27-17)9-2-4-12(18)13(19)6-9/h2-8,20H,1H3,(H,21,22,24). The number of benzene rings is 2. The summed E-state index contributed by atoms with van der Waals surface area (Å²) >= 11 is 1.09. The molecule has 138 valence electrons. The number of anilines is 2. The maximum Gasteiger partial charge on any atom is 0.270 e. The van der Waals surface area contributed by atoms with Crippen LogP contribution in [0.3, 0.4) is 0 Å².